The lowest BCUT2D eigenvalue weighted by molar-refractivity contribution is 0.171. The highest BCUT2D eigenvalue weighted by atomic mass is 32.1. The van der Waals surface area contributed by atoms with Crippen LogP contribution in [0.4, 0.5) is 5.69 Å². The van der Waals surface area contributed by atoms with Crippen LogP contribution < -0.4 is 20.2 Å². The molecule has 0 atom stereocenters. The molecule has 0 fully saturated rings. The summed E-state index contributed by atoms with van der Waals surface area (Å²) >= 11 is 5.26. The fourth-order valence-corrected chi connectivity index (χ4v) is 2.43. The zero-order chi connectivity index (χ0) is 16.9. The number of aryl methyl sites for hydroxylation is 1. The lowest BCUT2D eigenvalue weighted by atomic mass is 10.1. The van der Waals surface area contributed by atoms with Gasteiger partial charge in [0.15, 0.2) is 16.6 Å². The van der Waals surface area contributed by atoms with Crippen LogP contribution in [-0.2, 0) is 0 Å². The fourth-order valence-electron chi connectivity index (χ4n) is 2.26. The predicted molar refractivity (Wildman–Crippen MR) is 100 cm³/mol. The Labute approximate surface area is 146 Å². The van der Waals surface area contributed by atoms with Crippen molar-refractivity contribution in [2.45, 2.75) is 13.8 Å². The number of fused-ring (bicyclic) bond motifs is 1. The lowest BCUT2D eigenvalue weighted by Gasteiger charge is -2.18. The minimum Gasteiger partial charge on any atom is -0.486 e. The Morgan fingerprint density at radius 2 is 1.75 bits per heavy atom. The number of nitrogens with one attached hydrogen (secondary N) is 2. The Morgan fingerprint density at radius 1 is 1.04 bits per heavy atom. The van der Waals surface area contributed by atoms with E-state index in [1.54, 1.807) is 0 Å². The summed E-state index contributed by atoms with van der Waals surface area (Å²) in [4.78, 5) is 0. The van der Waals surface area contributed by atoms with Crippen LogP contribution in [0.3, 0.4) is 0 Å². The van der Waals surface area contributed by atoms with Crippen molar-refractivity contribution in [2.24, 2.45) is 5.10 Å². The maximum atomic E-state index is 5.59. The van der Waals surface area contributed by atoms with Gasteiger partial charge in [0.05, 0.1) is 5.71 Å². The van der Waals surface area contributed by atoms with Crippen molar-refractivity contribution in [3.8, 4) is 11.5 Å². The molecule has 3 rings (SSSR count). The van der Waals surface area contributed by atoms with Gasteiger partial charge in [-0.05, 0) is 56.4 Å². The number of nitrogens with zero attached hydrogens (tertiary/aromatic N) is 1. The normalized spacial score (nSPS) is 13.3. The van der Waals surface area contributed by atoms with Crippen LogP contribution in [0.15, 0.2) is 47.6 Å². The molecule has 0 aliphatic carbocycles. The summed E-state index contributed by atoms with van der Waals surface area (Å²) in [5, 5.41) is 7.86. The molecule has 0 saturated heterocycles. The summed E-state index contributed by atoms with van der Waals surface area (Å²) in [6.07, 6.45) is 0. The van der Waals surface area contributed by atoms with Crippen molar-refractivity contribution >= 4 is 28.7 Å². The average Bonchev–Trinajstić information content (AvgIpc) is 2.61. The van der Waals surface area contributed by atoms with Crippen LogP contribution in [0.2, 0.25) is 0 Å². The molecule has 0 radical (unpaired) electrons. The van der Waals surface area contributed by atoms with Crippen LogP contribution in [0.25, 0.3) is 0 Å². The first-order valence-electron chi connectivity index (χ1n) is 7.70. The molecule has 2 N–H and O–H groups in total. The molecule has 1 aliphatic heterocycles. The Kier molecular flexibility index (Phi) is 4.96. The quantitative estimate of drug-likeness (QED) is 0.509. The molecule has 0 aromatic heterocycles. The second-order valence-corrected chi connectivity index (χ2v) is 5.90. The lowest BCUT2D eigenvalue weighted by Crippen LogP contribution is -2.25. The number of hydrogen-bond donors (Lipinski definition) is 2. The number of anilines is 1. The molecule has 0 spiro atoms. The van der Waals surface area contributed by atoms with Gasteiger partial charge in [-0.1, -0.05) is 17.7 Å². The van der Waals surface area contributed by atoms with Gasteiger partial charge in [0.2, 0.25) is 0 Å². The van der Waals surface area contributed by atoms with Gasteiger partial charge in [0, 0.05) is 11.3 Å². The van der Waals surface area contributed by atoms with Crippen LogP contribution in [-0.4, -0.2) is 24.0 Å². The largest absolute Gasteiger partial charge is 0.486 e. The van der Waals surface area contributed by atoms with Gasteiger partial charge in [-0.15, -0.1) is 0 Å². The summed E-state index contributed by atoms with van der Waals surface area (Å²) in [5.74, 6) is 1.51. The van der Waals surface area contributed by atoms with Gasteiger partial charge in [-0.2, -0.15) is 5.10 Å². The summed E-state index contributed by atoms with van der Waals surface area (Å²) in [6, 6.07) is 13.8. The van der Waals surface area contributed by atoms with E-state index in [1.807, 2.05) is 56.3 Å². The number of hydrazone groups is 1. The summed E-state index contributed by atoms with van der Waals surface area (Å²) in [5.41, 5.74) is 6.74. The third-order valence-corrected chi connectivity index (χ3v) is 3.79. The van der Waals surface area contributed by atoms with Gasteiger partial charge in [-0.3, -0.25) is 5.43 Å². The van der Waals surface area contributed by atoms with E-state index in [1.165, 1.54) is 5.56 Å². The molecule has 2 aromatic carbocycles. The van der Waals surface area contributed by atoms with E-state index in [0.717, 1.165) is 28.5 Å². The standard InChI is InChI=1S/C18H19N3O2S/c1-12-3-6-15(7-4-12)19-18(24)21-20-13(2)14-5-8-16-17(11-14)23-10-9-22-16/h3-8,11H,9-10H2,1-2H3,(H2,19,21,24)/b20-13-. The first-order chi connectivity index (χ1) is 11.6. The summed E-state index contributed by atoms with van der Waals surface area (Å²) in [6.45, 7) is 5.10. The number of ether oxygens (including phenoxy) is 2. The first-order valence-corrected chi connectivity index (χ1v) is 8.10. The van der Waals surface area contributed by atoms with Crippen LogP contribution in [0.1, 0.15) is 18.1 Å². The highest BCUT2D eigenvalue weighted by molar-refractivity contribution is 7.80. The van der Waals surface area contributed by atoms with Gasteiger partial charge in [0.25, 0.3) is 0 Å². The second kappa shape index (κ2) is 7.31. The van der Waals surface area contributed by atoms with Crippen molar-refractivity contribution < 1.29 is 9.47 Å². The average molecular weight is 341 g/mol. The number of thiocarbonyl (C=S) groups is 1. The van der Waals surface area contributed by atoms with Gasteiger partial charge in [-0.25, -0.2) is 0 Å². The van der Waals surface area contributed by atoms with E-state index in [0.29, 0.717) is 18.3 Å². The van der Waals surface area contributed by atoms with Crippen LogP contribution in [0, 0.1) is 6.92 Å². The van der Waals surface area contributed by atoms with Crippen molar-refractivity contribution in [2.75, 3.05) is 18.5 Å². The molecule has 0 saturated carbocycles. The fraction of sp³-hybridized carbons (Fsp3) is 0.222. The van der Waals surface area contributed by atoms with E-state index >= 15 is 0 Å². The van der Waals surface area contributed by atoms with Gasteiger partial charge >= 0.3 is 0 Å². The van der Waals surface area contributed by atoms with Crippen LogP contribution in [0.5, 0.6) is 11.5 Å². The Balaban J connectivity index is 1.63. The van der Waals surface area contributed by atoms with E-state index in [-0.39, 0.29) is 0 Å². The monoisotopic (exact) mass is 341 g/mol. The summed E-state index contributed by atoms with van der Waals surface area (Å²) in [7, 11) is 0. The zero-order valence-corrected chi connectivity index (χ0v) is 14.4. The Bertz CT molecular complexity index is 772. The minimum atomic E-state index is 0.441. The van der Waals surface area contributed by atoms with E-state index in [9.17, 15) is 0 Å². The number of rotatable bonds is 3. The molecule has 0 bridgehead atoms. The molecule has 0 unspecified atom stereocenters. The van der Waals surface area contributed by atoms with Crippen molar-refractivity contribution in [1.29, 1.82) is 0 Å². The maximum Gasteiger partial charge on any atom is 0.191 e. The molecule has 0 amide bonds. The number of benzene rings is 2. The molecule has 1 heterocycles. The Morgan fingerprint density at radius 3 is 2.50 bits per heavy atom. The van der Waals surface area contributed by atoms with E-state index in [4.69, 9.17) is 21.7 Å². The first kappa shape index (κ1) is 16.3. The highest BCUT2D eigenvalue weighted by Gasteiger charge is 2.12. The zero-order valence-electron chi connectivity index (χ0n) is 13.6. The van der Waals surface area contributed by atoms with Gasteiger partial charge in [0.1, 0.15) is 13.2 Å². The second-order valence-electron chi connectivity index (χ2n) is 5.49. The molecular formula is C18H19N3O2S. The van der Waals surface area contributed by atoms with Crippen molar-refractivity contribution in [3.63, 3.8) is 0 Å². The van der Waals surface area contributed by atoms with Crippen molar-refractivity contribution in [3.05, 3.63) is 53.6 Å². The topological polar surface area (TPSA) is 54.9 Å². The third-order valence-electron chi connectivity index (χ3n) is 3.59. The summed E-state index contributed by atoms with van der Waals surface area (Å²) < 4.78 is 11.1. The van der Waals surface area contributed by atoms with E-state index in [2.05, 4.69) is 15.8 Å². The Hall–Kier alpha value is -2.60. The highest BCUT2D eigenvalue weighted by Crippen LogP contribution is 2.30. The van der Waals surface area contributed by atoms with Crippen LogP contribution >= 0.6 is 12.2 Å². The molecule has 2 aromatic rings. The molecular weight excluding hydrogens is 322 g/mol. The smallest absolute Gasteiger partial charge is 0.191 e. The molecule has 24 heavy (non-hydrogen) atoms. The number of hydrogen-bond acceptors (Lipinski definition) is 4. The molecule has 1 aliphatic rings. The SMILES string of the molecule is C/C(=N/NC(=S)Nc1ccc(C)cc1)c1ccc2c(c1)OCCO2. The van der Waals surface area contributed by atoms with Crippen molar-refractivity contribution in [1.82, 2.24) is 5.43 Å². The predicted octanol–water partition coefficient (Wildman–Crippen LogP) is 3.48. The third kappa shape index (κ3) is 4.02. The molecule has 5 nitrogen and oxygen atoms in total. The molecule has 124 valence electrons. The van der Waals surface area contributed by atoms with Gasteiger partial charge < -0.3 is 14.8 Å². The van der Waals surface area contributed by atoms with E-state index < -0.39 is 0 Å². The maximum absolute atomic E-state index is 5.59. The molecule has 6 heteroatoms. The minimum absolute atomic E-state index is 0.441.